The van der Waals surface area contributed by atoms with Crippen molar-refractivity contribution >= 4 is 17.4 Å². The lowest BCUT2D eigenvalue weighted by Gasteiger charge is -2.22. The maximum Gasteiger partial charge on any atom is 0.409 e. The van der Waals surface area contributed by atoms with E-state index in [0.29, 0.717) is 6.04 Å². The van der Waals surface area contributed by atoms with Crippen molar-refractivity contribution < 1.29 is 9.53 Å². The van der Waals surface area contributed by atoms with E-state index in [1.807, 2.05) is 17.5 Å². The first-order valence-corrected chi connectivity index (χ1v) is 8.09. The molecule has 110 valence electrons. The van der Waals surface area contributed by atoms with Crippen LogP contribution < -0.4 is 5.32 Å². The maximum atomic E-state index is 11.4. The van der Waals surface area contributed by atoms with Gasteiger partial charge in [0, 0.05) is 42.7 Å². The average Bonchev–Trinajstić information content (AvgIpc) is 3.02. The van der Waals surface area contributed by atoms with E-state index < -0.39 is 0 Å². The highest BCUT2D eigenvalue weighted by Gasteiger charge is 2.27. The molecule has 0 spiro atoms. The Labute approximate surface area is 123 Å². The minimum absolute atomic E-state index is 0.223. The van der Waals surface area contributed by atoms with E-state index in [4.69, 9.17) is 4.74 Å². The SMILES string of the molecule is COC(=O)N1CC[C@@H](NCc2cnc(C3CCC3)s2)C1. The highest BCUT2D eigenvalue weighted by Crippen LogP contribution is 2.38. The lowest BCUT2D eigenvalue weighted by atomic mass is 9.86. The highest BCUT2D eigenvalue weighted by atomic mass is 32.1. The summed E-state index contributed by atoms with van der Waals surface area (Å²) >= 11 is 1.83. The van der Waals surface area contributed by atoms with E-state index in [2.05, 4.69) is 10.3 Å². The fraction of sp³-hybridized carbons (Fsp3) is 0.714. The lowest BCUT2D eigenvalue weighted by molar-refractivity contribution is 0.132. The van der Waals surface area contributed by atoms with Crippen LogP contribution in [0.15, 0.2) is 6.20 Å². The summed E-state index contributed by atoms with van der Waals surface area (Å²) in [6, 6.07) is 0.364. The molecule has 0 aromatic carbocycles. The number of hydrogen-bond acceptors (Lipinski definition) is 5. The van der Waals surface area contributed by atoms with Crippen molar-refractivity contribution in [3.63, 3.8) is 0 Å². The Morgan fingerprint density at radius 2 is 2.40 bits per heavy atom. The van der Waals surface area contributed by atoms with Gasteiger partial charge in [-0.1, -0.05) is 6.42 Å². The molecule has 0 bridgehead atoms. The molecule has 1 saturated heterocycles. The Morgan fingerprint density at radius 3 is 3.10 bits per heavy atom. The van der Waals surface area contributed by atoms with Crippen LogP contribution in [-0.2, 0) is 11.3 Å². The topological polar surface area (TPSA) is 54.5 Å². The third-order valence-electron chi connectivity index (χ3n) is 4.21. The molecule has 1 amide bonds. The largest absolute Gasteiger partial charge is 0.453 e. The molecular formula is C14H21N3O2S. The lowest BCUT2D eigenvalue weighted by Crippen LogP contribution is -2.34. The first-order chi connectivity index (χ1) is 9.76. The van der Waals surface area contributed by atoms with Gasteiger partial charge in [0.15, 0.2) is 0 Å². The molecule has 1 aliphatic carbocycles. The molecule has 1 aliphatic heterocycles. The van der Waals surface area contributed by atoms with Crippen molar-refractivity contribution in [1.29, 1.82) is 0 Å². The Balaban J connectivity index is 1.45. The molecule has 2 aliphatic rings. The van der Waals surface area contributed by atoms with Gasteiger partial charge in [-0.25, -0.2) is 9.78 Å². The molecule has 2 fully saturated rings. The molecule has 5 nitrogen and oxygen atoms in total. The van der Waals surface area contributed by atoms with Crippen LogP contribution in [0.4, 0.5) is 4.79 Å². The minimum Gasteiger partial charge on any atom is -0.453 e. The number of methoxy groups -OCH3 is 1. The number of ether oxygens (including phenoxy) is 1. The zero-order chi connectivity index (χ0) is 13.9. The number of rotatable bonds is 4. The van der Waals surface area contributed by atoms with Crippen molar-refractivity contribution in [3.8, 4) is 0 Å². The van der Waals surface area contributed by atoms with Crippen LogP contribution in [0.3, 0.4) is 0 Å². The van der Waals surface area contributed by atoms with Crippen LogP contribution in [0.5, 0.6) is 0 Å². The second kappa shape index (κ2) is 6.10. The van der Waals surface area contributed by atoms with E-state index >= 15 is 0 Å². The zero-order valence-corrected chi connectivity index (χ0v) is 12.6. The Bertz CT molecular complexity index is 473. The van der Waals surface area contributed by atoms with Crippen LogP contribution in [0.2, 0.25) is 0 Å². The molecular weight excluding hydrogens is 274 g/mol. The molecule has 1 atom stereocenters. The first kappa shape index (κ1) is 13.8. The molecule has 6 heteroatoms. The van der Waals surface area contributed by atoms with Gasteiger partial charge in [0.1, 0.15) is 0 Å². The van der Waals surface area contributed by atoms with Gasteiger partial charge in [-0.2, -0.15) is 0 Å². The van der Waals surface area contributed by atoms with Crippen LogP contribution in [0.1, 0.15) is 41.5 Å². The predicted molar refractivity (Wildman–Crippen MR) is 77.9 cm³/mol. The van der Waals surface area contributed by atoms with Gasteiger partial charge in [-0.05, 0) is 19.3 Å². The fourth-order valence-corrected chi connectivity index (χ4v) is 3.75. The summed E-state index contributed by atoms with van der Waals surface area (Å²) in [6.45, 7) is 2.37. The second-order valence-corrected chi connectivity index (χ2v) is 6.72. The van der Waals surface area contributed by atoms with Gasteiger partial charge >= 0.3 is 6.09 Å². The molecule has 3 rings (SSSR count). The summed E-state index contributed by atoms with van der Waals surface area (Å²) in [4.78, 5) is 19.0. The predicted octanol–water partition coefficient (Wildman–Crippen LogP) is 2.34. The van der Waals surface area contributed by atoms with Crippen LogP contribution in [0, 0.1) is 0 Å². The quantitative estimate of drug-likeness (QED) is 0.926. The maximum absolute atomic E-state index is 11.4. The van der Waals surface area contributed by atoms with Gasteiger partial charge < -0.3 is 15.0 Å². The van der Waals surface area contributed by atoms with E-state index in [1.165, 1.54) is 36.3 Å². The number of thiazole rings is 1. The second-order valence-electron chi connectivity index (χ2n) is 5.58. The van der Waals surface area contributed by atoms with E-state index in [9.17, 15) is 4.79 Å². The molecule has 1 saturated carbocycles. The number of carbonyl (C=O) groups excluding carboxylic acids is 1. The van der Waals surface area contributed by atoms with Crippen LogP contribution in [0.25, 0.3) is 0 Å². The molecule has 1 aromatic rings. The Hall–Kier alpha value is -1.14. The van der Waals surface area contributed by atoms with Crippen molar-refractivity contribution in [3.05, 3.63) is 16.1 Å². The summed E-state index contributed by atoms with van der Waals surface area (Å²) in [5.41, 5.74) is 0. The average molecular weight is 295 g/mol. The van der Waals surface area contributed by atoms with Crippen molar-refractivity contribution in [2.75, 3.05) is 20.2 Å². The van der Waals surface area contributed by atoms with Crippen LogP contribution in [-0.4, -0.2) is 42.2 Å². The minimum atomic E-state index is -0.223. The number of nitrogens with zero attached hydrogens (tertiary/aromatic N) is 2. The smallest absolute Gasteiger partial charge is 0.409 e. The monoisotopic (exact) mass is 295 g/mol. The van der Waals surface area contributed by atoms with Gasteiger partial charge in [0.2, 0.25) is 0 Å². The fourth-order valence-electron chi connectivity index (χ4n) is 2.72. The number of aromatic nitrogens is 1. The van der Waals surface area contributed by atoms with Gasteiger partial charge in [0.25, 0.3) is 0 Å². The molecule has 2 heterocycles. The van der Waals surface area contributed by atoms with Gasteiger partial charge in [-0.15, -0.1) is 11.3 Å². The zero-order valence-electron chi connectivity index (χ0n) is 11.8. The van der Waals surface area contributed by atoms with Crippen molar-refractivity contribution in [2.45, 2.75) is 44.2 Å². The van der Waals surface area contributed by atoms with E-state index in [1.54, 1.807) is 4.90 Å². The Kier molecular flexibility index (Phi) is 4.21. The summed E-state index contributed by atoms with van der Waals surface area (Å²) in [6.07, 6.45) is 6.72. The Morgan fingerprint density at radius 1 is 1.55 bits per heavy atom. The van der Waals surface area contributed by atoms with E-state index in [-0.39, 0.29) is 6.09 Å². The highest BCUT2D eigenvalue weighted by molar-refractivity contribution is 7.11. The molecule has 0 radical (unpaired) electrons. The molecule has 0 unspecified atom stereocenters. The third kappa shape index (κ3) is 2.96. The molecule has 1 N–H and O–H groups in total. The van der Waals surface area contributed by atoms with Gasteiger partial charge in [-0.3, -0.25) is 0 Å². The summed E-state index contributed by atoms with van der Waals surface area (Å²) < 4.78 is 4.74. The standard InChI is InChI=1S/C14H21N3O2S/c1-19-14(18)17-6-5-11(9-17)15-7-12-8-16-13(20-12)10-3-2-4-10/h8,10-11,15H,2-7,9H2,1H3/t11-/m1/s1. The van der Waals surface area contributed by atoms with Crippen molar-refractivity contribution in [2.24, 2.45) is 0 Å². The normalized spacial score (nSPS) is 22.9. The summed E-state index contributed by atoms with van der Waals surface area (Å²) in [7, 11) is 1.43. The number of hydrogen-bond donors (Lipinski definition) is 1. The molecule has 20 heavy (non-hydrogen) atoms. The first-order valence-electron chi connectivity index (χ1n) is 7.27. The van der Waals surface area contributed by atoms with Gasteiger partial charge in [0.05, 0.1) is 12.1 Å². The van der Waals surface area contributed by atoms with Crippen LogP contribution >= 0.6 is 11.3 Å². The summed E-state index contributed by atoms with van der Waals surface area (Å²) in [5, 5.41) is 4.82. The summed E-state index contributed by atoms with van der Waals surface area (Å²) in [5.74, 6) is 0.718. The number of carbonyl (C=O) groups is 1. The van der Waals surface area contributed by atoms with Crippen molar-refractivity contribution in [1.82, 2.24) is 15.2 Å². The number of amides is 1. The number of likely N-dealkylation sites (tertiary alicyclic amines) is 1. The molecule has 1 aromatic heterocycles. The number of nitrogens with one attached hydrogen (secondary N) is 1. The third-order valence-corrected chi connectivity index (χ3v) is 5.37. The van der Waals surface area contributed by atoms with E-state index in [0.717, 1.165) is 32.0 Å².